The topological polar surface area (TPSA) is 20.2 Å². The molecule has 0 spiro atoms. The Bertz CT molecular complexity index is 437. The summed E-state index contributed by atoms with van der Waals surface area (Å²) in [6.45, 7) is 0. The summed E-state index contributed by atoms with van der Waals surface area (Å²) in [4.78, 5) is 1.20. The summed E-state index contributed by atoms with van der Waals surface area (Å²) in [5, 5.41) is 11.6. The van der Waals surface area contributed by atoms with Crippen LogP contribution in [0.15, 0.2) is 41.3 Å². The van der Waals surface area contributed by atoms with Crippen molar-refractivity contribution in [2.45, 2.75) is 4.90 Å². The minimum Gasteiger partial charge on any atom is -0.507 e. The van der Waals surface area contributed by atoms with Gasteiger partial charge in [0.15, 0.2) is 0 Å². The van der Waals surface area contributed by atoms with E-state index in [1.807, 2.05) is 30.5 Å². The SMILES string of the molecule is CSc1cccc2c(O)cccc12. The van der Waals surface area contributed by atoms with Gasteiger partial charge in [0.05, 0.1) is 0 Å². The third kappa shape index (κ3) is 1.38. The van der Waals surface area contributed by atoms with Crippen molar-refractivity contribution in [2.75, 3.05) is 6.26 Å². The number of phenols is 1. The fraction of sp³-hybridized carbons (Fsp3) is 0.0909. The highest BCUT2D eigenvalue weighted by Crippen LogP contribution is 2.30. The molecule has 66 valence electrons. The van der Waals surface area contributed by atoms with E-state index in [2.05, 4.69) is 6.07 Å². The zero-order valence-corrected chi connectivity index (χ0v) is 8.14. The Morgan fingerprint density at radius 1 is 1.00 bits per heavy atom. The van der Waals surface area contributed by atoms with Crippen molar-refractivity contribution in [3.05, 3.63) is 36.4 Å². The standard InChI is InChI=1S/C11H10OS/c1-13-11-7-3-4-8-9(11)5-2-6-10(8)12/h2-7,12H,1H3. The minimum atomic E-state index is 0.355. The van der Waals surface area contributed by atoms with Crippen molar-refractivity contribution in [1.82, 2.24) is 0 Å². The zero-order chi connectivity index (χ0) is 9.26. The molecule has 0 radical (unpaired) electrons. The van der Waals surface area contributed by atoms with Gasteiger partial charge in [0.1, 0.15) is 5.75 Å². The number of fused-ring (bicyclic) bond motifs is 1. The van der Waals surface area contributed by atoms with Crippen LogP contribution in [0, 0.1) is 0 Å². The Morgan fingerprint density at radius 2 is 1.69 bits per heavy atom. The van der Waals surface area contributed by atoms with E-state index in [0.29, 0.717) is 5.75 Å². The van der Waals surface area contributed by atoms with Gasteiger partial charge in [-0.2, -0.15) is 0 Å². The molecule has 0 aromatic heterocycles. The monoisotopic (exact) mass is 190 g/mol. The maximum absolute atomic E-state index is 9.58. The second-order valence-corrected chi connectivity index (χ2v) is 3.68. The Morgan fingerprint density at radius 3 is 2.46 bits per heavy atom. The lowest BCUT2D eigenvalue weighted by Crippen LogP contribution is -1.76. The first kappa shape index (κ1) is 8.45. The van der Waals surface area contributed by atoms with Crippen LogP contribution in [-0.2, 0) is 0 Å². The highest BCUT2D eigenvalue weighted by molar-refractivity contribution is 7.98. The zero-order valence-electron chi connectivity index (χ0n) is 7.32. The summed E-state index contributed by atoms with van der Waals surface area (Å²) in [6, 6.07) is 11.6. The van der Waals surface area contributed by atoms with E-state index in [1.165, 1.54) is 4.90 Å². The van der Waals surface area contributed by atoms with E-state index in [-0.39, 0.29) is 0 Å². The maximum Gasteiger partial charge on any atom is 0.123 e. The van der Waals surface area contributed by atoms with Crippen molar-refractivity contribution in [2.24, 2.45) is 0 Å². The molecule has 0 aliphatic heterocycles. The van der Waals surface area contributed by atoms with E-state index in [0.717, 1.165) is 10.8 Å². The van der Waals surface area contributed by atoms with Crippen molar-refractivity contribution in [1.29, 1.82) is 0 Å². The molecule has 2 rings (SSSR count). The van der Waals surface area contributed by atoms with Gasteiger partial charge in [0.25, 0.3) is 0 Å². The van der Waals surface area contributed by atoms with Gasteiger partial charge in [0.2, 0.25) is 0 Å². The molecule has 2 aromatic rings. The number of thioether (sulfide) groups is 1. The van der Waals surface area contributed by atoms with E-state index >= 15 is 0 Å². The number of benzene rings is 2. The average molecular weight is 190 g/mol. The molecule has 0 aliphatic carbocycles. The van der Waals surface area contributed by atoms with Crippen LogP contribution in [0.4, 0.5) is 0 Å². The first-order chi connectivity index (χ1) is 6.33. The molecule has 0 saturated heterocycles. The summed E-state index contributed by atoms with van der Waals surface area (Å²) < 4.78 is 0. The lowest BCUT2D eigenvalue weighted by Gasteiger charge is -2.04. The molecular formula is C11H10OS. The molecule has 2 heteroatoms. The summed E-state index contributed by atoms with van der Waals surface area (Å²) >= 11 is 1.70. The molecule has 0 unspecified atom stereocenters. The molecule has 0 amide bonds. The number of phenolic OH excluding ortho intramolecular Hbond substituents is 1. The van der Waals surface area contributed by atoms with Gasteiger partial charge in [-0.3, -0.25) is 0 Å². The Hall–Kier alpha value is -1.15. The van der Waals surface area contributed by atoms with Crippen LogP contribution in [0.3, 0.4) is 0 Å². The van der Waals surface area contributed by atoms with Gasteiger partial charge in [-0.1, -0.05) is 24.3 Å². The number of hydrogen-bond donors (Lipinski definition) is 1. The highest BCUT2D eigenvalue weighted by Gasteiger charge is 2.01. The van der Waals surface area contributed by atoms with E-state index < -0.39 is 0 Å². The van der Waals surface area contributed by atoms with Crippen LogP contribution in [0.25, 0.3) is 10.8 Å². The Labute approximate surface area is 81.4 Å². The highest BCUT2D eigenvalue weighted by atomic mass is 32.2. The van der Waals surface area contributed by atoms with Crippen molar-refractivity contribution in [3.63, 3.8) is 0 Å². The Kier molecular flexibility index (Phi) is 2.15. The predicted molar refractivity (Wildman–Crippen MR) is 57.4 cm³/mol. The molecule has 0 bridgehead atoms. The second-order valence-electron chi connectivity index (χ2n) is 2.83. The summed E-state index contributed by atoms with van der Waals surface area (Å²) in [5.41, 5.74) is 0. The van der Waals surface area contributed by atoms with E-state index in [1.54, 1.807) is 17.8 Å². The fourth-order valence-corrected chi connectivity index (χ4v) is 2.06. The molecule has 0 fully saturated rings. The van der Waals surface area contributed by atoms with Crippen molar-refractivity contribution < 1.29 is 5.11 Å². The fourth-order valence-electron chi connectivity index (χ4n) is 1.44. The first-order valence-corrected chi connectivity index (χ1v) is 5.30. The molecule has 2 aromatic carbocycles. The minimum absolute atomic E-state index is 0.355. The van der Waals surface area contributed by atoms with Crippen LogP contribution in [0.1, 0.15) is 0 Å². The number of hydrogen-bond acceptors (Lipinski definition) is 2. The molecule has 1 nitrogen and oxygen atoms in total. The van der Waals surface area contributed by atoms with E-state index in [9.17, 15) is 5.11 Å². The maximum atomic E-state index is 9.58. The molecular weight excluding hydrogens is 180 g/mol. The number of rotatable bonds is 1. The van der Waals surface area contributed by atoms with Gasteiger partial charge in [-0.25, -0.2) is 0 Å². The third-order valence-electron chi connectivity index (χ3n) is 2.08. The lowest BCUT2D eigenvalue weighted by atomic mass is 10.1. The quantitative estimate of drug-likeness (QED) is 0.696. The van der Waals surface area contributed by atoms with Crippen molar-refractivity contribution in [3.8, 4) is 5.75 Å². The average Bonchev–Trinajstić information content (AvgIpc) is 2.18. The molecule has 0 atom stereocenters. The van der Waals surface area contributed by atoms with Gasteiger partial charge >= 0.3 is 0 Å². The van der Waals surface area contributed by atoms with E-state index in [4.69, 9.17) is 0 Å². The van der Waals surface area contributed by atoms with Crippen LogP contribution in [-0.4, -0.2) is 11.4 Å². The predicted octanol–water partition coefficient (Wildman–Crippen LogP) is 3.27. The molecule has 0 saturated carbocycles. The normalized spacial score (nSPS) is 10.5. The second kappa shape index (κ2) is 3.30. The molecule has 1 N–H and O–H groups in total. The smallest absolute Gasteiger partial charge is 0.123 e. The van der Waals surface area contributed by atoms with Crippen LogP contribution in [0.5, 0.6) is 5.75 Å². The Balaban J connectivity index is 2.84. The van der Waals surface area contributed by atoms with Crippen LogP contribution in [0.2, 0.25) is 0 Å². The van der Waals surface area contributed by atoms with Crippen LogP contribution < -0.4 is 0 Å². The summed E-state index contributed by atoms with van der Waals surface area (Å²) in [7, 11) is 0. The third-order valence-corrected chi connectivity index (χ3v) is 2.87. The van der Waals surface area contributed by atoms with Gasteiger partial charge in [-0.15, -0.1) is 11.8 Å². The summed E-state index contributed by atoms with van der Waals surface area (Å²) in [6.07, 6.45) is 2.04. The molecule has 0 aliphatic rings. The van der Waals surface area contributed by atoms with Crippen molar-refractivity contribution >= 4 is 22.5 Å². The molecule has 0 heterocycles. The van der Waals surface area contributed by atoms with Gasteiger partial charge in [0, 0.05) is 10.3 Å². The first-order valence-electron chi connectivity index (χ1n) is 4.07. The summed E-state index contributed by atoms with van der Waals surface area (Å²) in [5.74, 6) is 0.355. The molecule has 13 heavy (non-hydrogen) atoms. The van der Waals surface area contributed by atoms with Gasteiger partial charge in [-0.05, 0) is 23.8 Å². The van der Waals surface area contributed by atoms with Gasteiger partial charge < -0.3 is 5.11 Å². The van der Waals surface area contributed by atoms with Crippen LogP contribution >= 0.6 is 11.8 Å². The number of aromatic hydroxyl groups is 1. The largest absolute Gasteiger partial charge is 0.507 e. The lowest BCUT2D eigenvalue weighted by molar-refractivity contribution is 0.481.